The third-order valence-corrected chi connectivity index (χ3v) is 4.21. The van der Waals surface area contributed by atoms with E-state index in [2.05, 4.69) is 21.7 Å². The molecule has 2 N–H and O–H groups in total. The van der Waals surface area contributed by atoms with Crippen molar-refractivity contribution in [1.82, 2.24) is 10.3 Å². The number of carbonyl (C=O) groups excluding carboxylic acids is 1. The summed E-state index contributed by atoms with van der Waals surface area (Å²) in [5, 5.41) is 14.9. The monoisotopic (exact) mass is 388 g/mol. The van der Waals surface area contributed by atoms with Gasteiger partial charge in [0.25, 0.3) is 5.91 Å². The van der Waals surface area contributed by atoms with Gasteiger partial charge in [-0.25, -0.2) is 4.98 Å². The summed E-state index contributed by atoms with van der Waals surface area (Å²) in [5.74, 6) is 1.56. The van der Waals surface area contributed by atoms with Gasteiger partial charge in [0.05, 0.1) is 25.9 Å². The highest BCUT2D eigenvalue weighted by Gasteiger charge is 2.09. The van der Waals surface area contributed by atoms with E-state index in [0.29, 0.717) is 35.0 Å². The number of methoxy groups -OCH3 is 2. The van der Waals surface area contributed by atoms with E-state index in [1.54, 1.807) is 62.9 Å². The lowest BCUT2D eigenvalue weighted by molar-refractivity contribution is 0.0951. The van der Waals surface area contributed by atoms with Gasteiger partial charge < -0.3 is 20.1 Å². The predicted octanol–water partition coefficient (Wildman–Crippen LogP) is 3.64. The molecular weight excluding hydrogens is 368 g/mol. The van der Waals surface area contributed by atoms with E-state index in [4.69, 9.17) is 14.7 Å². The summed E-state index contributed by atoms with van der Waals surface area (Å²) >= 11 is 0. The van der Waals surface area contributed by atoms with Crippen molar-refractivity contribution in [2.24, 2.45) is 0 Å². The van der Waals surface area contributed by atoms with Gasteiger partial charge in [-0.05, 0) is 54.1 Å². The second-order valence-corrected chi connectivity index (χ2v) is 6.12. The topological polar surface area (TPSA) is 96.3 Å². The smallest absolute Gasteiger partial charge is 0.251 e. The molecule has 0 fully saturated rings. The molecule has 29 heavy (non-hydrogen) atoms. The lowest BCUT2D eigenvalue weighted by atomic mass is 10.2. The van der Waals surface area contributed by atoms with Gasteiger partial charge in [0.15, 0.2) is 11.5 Å². The highest BCUT2D eigenvalue weighted by Crippen LogP contribution is 2.27. The van der Waals surface area contributed by atoms with E-state index in [9.17, 15) is 4.79 Å². The number of hydrogen-bond donors (Lipinski definition) is 2. The van der Waals surface area contributed by atoms with Crippen molar-refractivity contribution in [3.05, 3.63) is 77.5 Å². The number of hydrogen-bond acceptors (Lipinski definition) is 6. The van der Waals surface area contributed by atoms with Crippen LogP contribution in [-0.4, -0.2) is 25.1 Å². The Kier molecular flexibility index (Phi) is 6.28. The van der Waals surface area contributed by atoms with Gasteiger partial charge >= 0.3 is 0 Å². The molecule has 0 saturated heterocycles. The van der Waals surface area contributed by atoms with E-state index in [-0.39, 0.29) is 5.91 Å². The van der Waals surface area contributed by atoms with Crippen LogP contribution in [0.1, 0.15) is 21.5 Å². The zero-order valence-corrected chi connectivity index (χ0v) is 16.1. The number of aromatic nitrogens is 1. The number of nitrogens with one attached hydrogen (secondary N) is 2. The highest BCUT2D eigenvalue weighted by molar-refractivity contribution is 5.94. The molecule has 0 spiro atoms. The Hall–Kier alpha value is -4.05. The minimum atomic E-state index is -0.218. The van der Waals surface area contributed by atoms with Crippen molar-refractivity contribution in [2.75, 3.05) is 19.5 Å². The van der Waals surface area contributed by atoms with Gasteiger partial charge in [0.1, 0.15) is 5.82 Å². The second kappa shape index (κ2) is 9.24. The number of carbonyl (C=O) groups is 1. The molecular formula is C22H20N4O3. The molecule has 0 atom stereocenters. The van der Waals surface area contributed by atoms with Crippen LogP contribution in [0.2, 0.25) is 0 Å². The molecule has 3 rings (SSSR count). The van der Waals surface area contributed by atoms with E-state index in [1.165, 1.54) is 0 Å². The Labute approximate surface area is 168 Å². The number of benzene rings is 2. The molecule has 0 bridgehead atoms. The van der Waals surface area contributed by atoms with Crippen LogP contribution in [0.15, 0.2) is 60.8 Å². The molecule has 0 aliphatic rings. The minimum Gasteiger partial charge on any atom is -0.493 e. The second-order valence-electron chi connectivity index (χ2n) is 6.12. The quantitative estimate of drug-likeness (QED) is 0.641. The number of nitrogens with zero attached hydrogens (tertiary/aromatic N) is 2. The van der Waals surface area contributed by atoms with Crippen LogP contribution in [0.4, 0.5) is 11.5 Å². The van der Waals surface area contributed by atoms with Crippen LogP contribution >= 0.6 is 0 Å². The Morgan fingerprint density at radius 1 is 1.03 bits per heavy atom. The SMILES string of the molecule is COc1ccc(CNC(=O)c2ccnc(Nc3ccc(C#N)cc3)c2)cc1OC. The summed E-state index contributed by atoms with van der Waals surface area (Å²) in [6, 6.07) is 17.9. The number of rotatable bonds is 7. The fourth-order valence-corrected chi connectivity index (χ4v) is 2.69. The first-order valence-electron chi connectivity index (χ1n) is 8.85. The number of amides is 1. The molecule has 0 unspecified atom stereocenters. The largest absolute Gasteiger partial charge is 0.493 e. The molecule has 0 aliphatic heterocycles. The van der Waals surface area contributed by atoms with Crippen LogP contribution in [0.5, 0.6) is 11.5 Å². The van der Waals surface area contributed by atoms with Crippen molar-refractivity contribution >= 4 is 17.4 Å². The van der Waals surface area contributed by atoms with E-state index < -0.39 is 0 Å². The summed E-state index contributed by atoms with van der Waals surface area (Å²) in [6.07, 6.45) is 1.57. The molecule has 7 nitrogen and oxygen atoms in total. The van der Waals surface area contributed by atoms with Gasteiger partial charge in [-0.1, -0.05) is 6.07 Å². The normalized spacial score (nSPS) is 9.97. The number of pyridine rings is 1. The molecule has 3 aromatic rings. The van der Waals surface area contributed by atoms with Crippen molar-refractivity contribution in [3.8, 4) is 17.6 Å². The number of ether oxygens (including phenoxy) is 2. The zero-order chi connectivity index (χ0) is 20.6. The van der Waals surface area contributed by atoms with Crippen LogP contribution in [0.3, 0.4) is 0 Å². The highest BCUT2D eigenvalue weighted by atomic mass is 16.5. The van der Waals surface area contributed by atoms with Gasteiger partial charge in [-0.2, -0.15) is 5.26 Å². The third-order valence-electron chi connectivity index (χ3n) is 4.21. The van der Waals surface area contributed by atoms with E-state index in [1.807, 2.05) is 12.1 Å². The number of nitriles is 1. The van der Waals surface area contributed by atoms with E-state index in [0.717, 1.165) is 11.3 Å². The van der Waals surface area contributed by atoms with Gasteiger partial charge in [0.2, 0.25) is 0 Å². The van der Waals surface area contributed by atoms with Crippen molar-refractivity contribution in [2.45, 2.75) is 6.54 Å². The van der Waals surface area contributed by atoms with Crippen LogP contribution in [0.25, 0.3) is 0 Å². The Morgan fingerprint density at radius 2 is 1.79 bits per heavy atom. The average molecular weight is 388 g/mol. The van der Waals surface area contributed by atoms with Crippen molar-refractivity contribution in [1.29, 1.82) is 5.26 Å². The summed E-state index contributed by atoms with van der Waals surface area (Å²) in [7, 11) is 3.14. The van der Waals surface area contributed by atoms with Crippen molar-refractivity contribution in [3.63, 3.8) is 0 Å². The first-order valence-corrected chi connectivity index (χ1v) is 8.85. The summed E-state index contributed by atoms with van der Waals surface area (Å²) in [5.41, 5.74) is 2.73. The lowest BCUT2D eigenvalue weighted by Crippen LogP contribution is -2.23. The molecule has 2 aromatic carbocycles. The van der Waals surface area contributed by atoms with Crippen LogP contribution < -0.4 is 20.1 Å². The third kappa shape index (κ3) is 5.02. The molecule has 1 aromatic heterocycles. The molecule has 1 heterocycles. The summed E-state index contributed by atoms with van der Waals surface area (Å²) in [4.78, 5) is 16.8. The van der Waals surface area contributed by atoms with Gasteiger partial charge in [0, 0.05) is 24.0 Å². The molecule has 0 aliphatic carbocycles. The summed E-state index contributed by atoms with van der Waals surface area (Å²) < 4.78 is 10.5. The predicted molar refractivity (Wildman–Crippen MR) is 109 cm³/mol. The lowest BCUT2D eigenvalue weighted by Gasteiger charge is -2.11. The maximum absolute atomic E-state index is 12.5. The number of anilines is 2. The maximum atomic E-state index is 12.5. The fourth-order valence-electron chi connectivity index (χ4n) is 2.69. The Morgan fingerprint density at radius 3 is 2.48 bits per heavy atom. The van der Waals surface area contributed by atoms with Crippen LogP contribution in [0, 0.1) is 11.3 Å². The Bertz CT molecular complexity index is 1040. The fraction of sp³-hybridized carbons (Fsp3) is 0.136. The average Bonchev–Trinajstić information content (AvgIpc) is 2.78. The van der Waals surface area contributed by atoms with E-state index >= 15 is 0 Å². The molecule has 7 heteroatoms. The summed E-state index contributed by atoms with van der Waals surface area (Å²) in [6.45, 7) is 0.347. The van der Waals surface area contributed by atoms with Gasteiger partial charge in [-0.3, -0.25) is 4.79 Å². The molecule has 0 radical (unpaired) electrons. The first kappa shape index (κ1) is 19.7. The Balaban J connectivity index is 1.65. The molecule has 0 saturated carbocycles. The van der Waals surface area contributed by atoms with Crippen LogP contribution in [-0.2, 0) is 6.54 Å². The van der Waals surface area contributed by atoms with Crippen molar-refractivity contribution < 1.29 is 14.3 Å². The molecule has 146 valence electrons. The van der Waals surface area contributed by atoms with Gasteiger partial charge in [-0.15, -0.1) is 0 Å². The first-order chi connectivity index (χ1) is 14.1. The standard InChI is InChI=1S/C22H20N4O3/c1-28-19-8-5-16(11-20(19)29-2)14-25-22(27)17-9-10-24-21(12-17)26-18-6-3-15(13-23)4-7-18/h3-12H,14H2,1-2H3,(H,24,26)(H,25,27). The molecule has 1 amide bonds. The maximum Gasteiger partial charge on any atom is 0.251 e. The zero-order valence-electron chi connectivity index (χ0n) is 16.1. The minimum absolute atomic E-state index is 0.218.